The number of benzene rings is 1. The first-order valence-electron chi connectivity index (χ1n) is 9.96. The van der Waals surface area contributed by atoms with Crippen LogP contribution in [0, 0.1) is 6.92 Å². The second-order valence-electron chi connectivity index (χ2n) is 7.77. The number of aryl methyl sites for hydroxylation is 1. The molecular formula is C22H30N4O2S. The fraction of sp³-hybridized carbons (Fsp3) is 0.455. The highest BCUT2D eigenvalue weighted by Gasteiger charge is 2.23. The number of hydrogen-bond acceptors (Lipinski definition) is 5. The van der Waals surface area contributed by atoms with Crippen molar-refractivity contribution in [3.63, 3.8) is 0 Å². The van der Waals surface area contributed by atoms with E-state index in [2.05, 4.69) is 52.4 Å². The minimum Gasteiger partial charge on any atom is -0.348 e. The van der Waals surface area contributed by atoms with Gasteiger partial charge in [-0.15, -0.1) is 11.3 Å². The predicted molar refractivity (Wildman–Crippen MR) is 117 cm³/mol. The fourth-order valence-electron chi connectivity index (χ4n) is 3.38. The van der Waals surface area contributed by atoms with Crippen molar-refractivity contribution in [1.29, 1.82) is 0 Å². The fourth-order valence-corrected chi connectivity index (χ4v) is 4.18. The number of amides is 2. The zero-order chi connectivity index (χ0) is 20.8. The lowest BCUT2D eigenvalue weighted by Crippen LogP contribution is -2.51. The smallest absolute Gasteiger partial charge is 0.236 e. The third-order valence-corrected chi connectivity index (χ3v) is 6.17. The minimum absolute atomic E-state index is 0.0294. The van der Waals surface area contributed by atoms with Crippen LogP contribution in [0.5, 0.6) is 0 Å². The van der Waals surface area contributed by atoms with E-state index < -0.39 is 0 Å². The standard InChI is InChI=1S/C22H30N4O2S/c1-17-6-8-18(9-7-17)22(19-5-4-14-29-19)23-20(27)15-25-10-12-26(13-11-25)16-21(28)24(2)3/h4-9,14,22H,10-13,15-16H2,1-3H3,(H,23,27)/t22-/m1/s1. The molecule has 156 valence electrons. The van der Waals surface area contributed by atoms with Crippen LogP contribution in [0.15, 0.2) is 41.8 Å². The van der Waals surface area contributed by atoms with Crippen LogP contribution in [0.2, 0.25) is 0 Å². The van der Waals surface area contributed by atoms with Crippen molar-refractivity contribution < 1.29 is 9.59 Å². The van der Waals surface area contributed by atoms with Crippen molar-refractivity contribution in [3.05, 3.63) is 57.8 Å². The molecule has 1 N–H and O–H groups in total. The van der Waals surface area contributed by atoms with Crippen LogP contribution in [0.25, 0.3) is 0 Å². The maximum absolute atomic E-state index is 12.8. The van der Waals surface area contributed by atoms with E-state index in [-0.39, 0.29) is 17.9 Å². The third-order valence-electron chi connectivity index (χ3n) is 5.23. The molecule has 2 amide bonds. The van der Waals surface area contributed by atoms with Crippen LogP contribution in [0.4, 0.5) is 0 Å². The second kappa shape index (κ2) is 10.0. The lowest BCUT2D eigenvalue weighted by atomic mass is 10.0. The second-order valence-corrected chi connectivity index (χ2v) is 8.75. The van der Waals surface area contributed by atoms with Crippen LogP contribution in [-0.4, -0.2) is 79.9 Å². The Balaban J connectivity index is 1.55. The van der Waals surface area contributed by atoms with Gasteiger partial charge in [-0.05, 0) is 23.9 Å². The van der Waals surface area contributed by atoms with Gasteiger partial charge in [0.1, 0.15) is 0 Å². The molecule has 0 aliphatic carbocycles. The Morgan fingerprint density at radius 2 is 1.66 bits per heavy atom. The largest absolute Gasteiger partial charge is 0.348 e. The lowest BCUT2D eigenvalue weighted by Gasteiger charge is -2.34. The van der Waals surface area contributed by atoms with E-state index in [0.717, 1.165) is 36.6 Å². The first-order chi connectivity index (χ1) is 13.9. The molecule has 1 aromatic carbocycles. The summed E-state index contributed by atoms with van der Waals surface area (Å²) < 4.78 is 0. The number of thiophene rings is 1. The predicted octanol–water partition coefficient (Wildman–Crippen LogP) is 1.97. The summed E-state index contributed by atoms with van der Waals surface area (Å²) >= 11 is 1.66. The van der Waals surface area contributed by atoms with E-state index in [4.69, 9.17) is 0 Å². The molecule has 0 bridgehead atoms. The average Bonchev–Trinajstić information content (AvgIpc) is 3.23. The molecule has 0 spiro atoms. The Kier molecular flexibility index (Phi) is 7.41. The van der Waals surface area contributed by atoms with Crippen molar-refractivity contribution in [2.75, 3.05) is 53.4 Å². The summed E-state index contributed by atoms with van der Waals surface area (Å²) in [5, 5.41) is 5.25. The van der Waals surface area contributed by atoms with Crippen LogP contribution in [0.3, 0.4) is 0 Å². The molecule has 1 aromatic heterocycles. The van der Waals surface area contributed by atoms with Gasteiger partial charge in [0.05, 0.1) is 19.1 Å². The Morgan fingerprint density at radius 1 is 1.03 bits per heavy atom. The van der Waals surface area contributed by atoms with Crippen molar-refractivity contribution >= 4 is 23.2 Å². The maximum atomic E-state index is 12.8. The van der Waals surface area contributed by atoms with E-state index in [9.17, 15) is 9.59 Å². The summed E-state index contributed by atoms with van der Waals surface area (Å²) in [6.07, 6.45) is 0. The summed E-state index contributed by atoms with van der Waals surface area (Å²) in [7, 11) is 3.56. The summed E-state index contributed by atoms with van der Waals surface area (Å²) in [6.45, 7) is 6.08. The van der Waals surface area contributed by atoms with Crippen molar-refractivity contribution in [3.8, 4) is 0 Å². The van der Waals surface area contributed by atoms with Gasteiger partial charge in [-0.25, -0.2) is 0 Å². The number of carbonyl (C=O) groups excluding carboxylic acids is 2. The zero-order valence-electron chi connectivity index (χ0n) is 17.4. The highest BCUT2D eigenvalue weighted by molar-refractivity contribution is 7.10. The van der Waals surface area contributed by atoms with Crippen LogP contribution >= 0.6 is 11.3 Å². The quantitative estimate of drug-likeness (QED) is 0.753. The van der Waals surface area contributed by atoms with Gasteiger partial charge in [0.2, 0.25) is 11.8 Å². The SMILES string of the molecule is Cc1ccc([C@@H](NC(=O)CN2CCN(CC(=O)N(C)C)CC2)c2cccs2)cc1. The van der Waals surface area contributed by atoms with Crippen molar-refractivity contribution in [1.82, 2.24) is 20.0 Å². The number of carbonyl (C=O) groups is 2. The average molecular weight is 415 g/mol. The monoisotopic (exact) mass is 414 g/mol. The van der Waals surface area contributed by atoms with E-state index in [0.29, 0.717) is 13.1 Å². The topological polar surface area (TPSA) is 55.9 Å². The summed E-state index contributed by atoms with van der Waals surface area (Å²) in [4.78, 5) is 31.7. The number of hydrogen-bond donors (Lipinski definition) is 1. The van der Waals surface area contributed by atoms with Gasteiger partial charge in [0, 0.05) is 45.2 Å². The van der Waals surface area contributed by atoms with Gasteiger partial charge in [-0.1, -0.05) is 35.9 Å². The number of piperazine rings is 1. The Labute approximate surface area is 177 Å². The summed E-state index contributed by atoms with van der Waals surface area (Å²) in [6, 6.07) is 12.3. The number of nitrogens with one attached hydrogen (secondary N) is 1. The van der Waals surface area contributed by atoms with Gasteiger partial charge in [-0.3, -0.25) is 19.4 Å². The summed E-state index contributed by atoms with van der Waals surface area (Å²) in [5.41, 5.74) is 2.30. The molecular weight excluding hydrogens is 384 g/mol. The summed E-state index contributed by atoms with van der Waals surface area (Å²) in [5.74, 6) is 0.148. The molecule has 1 atom stereocenters. The molecule has 1 aliphatic rings. The van der Waals surface area contributed by atoms with E-state index in [1.54, 1.807) is 30.3 Å². The third kappa shape index (κ3) is 6.13. The van der Waals surface area contributed by atoms with Gasteiger partial charge >= 0.3 is 0 Å². The van der Waals surface area contributed by atoms with Crippen LogP contribution in [0.1, 0.15) is 22.0 Å². The minimum atomic E-state index is -0.123. The Morgan fingerprint density at radius 3 is 2.21 bits per heavy atom. The molecule has 0 saturated carbocycles. The highest BCUT2D eigenvalue weighted by atomic mass is 32.1. The normalized spacial score (nSPS) is 16.4. The molecule has 1 aliphatic heterocycles. The number of nitrogens with zero attached hydrogens (tertiary/aromatic N) is 3. The van der Waals surface area contributed by atoms with E-state index in [1.807, 2.05) is 11.4 Å². The first-order valence-corrected chi connectivity index (χ1v) is 10.8. The molecule has 0 unspecified atom stereocenters. The zero-order valence-corrected chi connectivity index (χ0v) is 18.2. The van der Waals surface area contributed by atoms with Crippen molar-refractivity contribution in [2.24, 2.45) is 0 Å². The van der Waals surface area contributed by atoms with Crippen LogP contribution in [-0.2, 0) is 9.59 Å². The Hall–Kier alpha value is -2.22. The molecule has 29 heavy (non-hydrogen) atoms. The molecule has 7 heteroatoms. The molecule has 2 heterocycles. The number of rotatable bonds is 7. The Bertz CT molecular complexity index is 797. The van der Waals surface area contributed by atoms with E-state index >= 15 is 0 Å². The van der Waals surface area contributed by atoms with Gasteiger partial charge in [-0.2, -0.15) is 0 Å². The number of likely N-dealkylation sites (N-methyl/N-ethyl adjacent to an activating group) is 1. The molecule has 1 fully saturated rings. The molecule has 1 saturated heterocycles. The molecule has 0 radical (unpaired) electrons. The van der Waals surface area contributed by atoms with Gasteiger partial charge in [0.15, 0.2) is 0 Å². The van der Waals surface area contributed by atoms with E-state index in [1.165, 1.54) is 5.56 Å². The highest BCUT2D eigenvalue weighted by Crippen LogP contribution is 2.26. The lowest BCUT2D eigenvalue weighted by molar-refractivity contribution is -0.131. The molecule has 6 nitrogen and oxygen atoms in total. The van der Waals surface area contributed by atoms with Gasteiger partial charge in [0.25, 0.3) is 0 Å². The van der Waals surface area contributed by atoms with Gasteiger partial charge < -0.3 is 10.2 Å². The first kappa shape index (κ1) is 21.5. The molecule has 2 aromatic rings. The van der Waals surface area contributed by atoms with Crippen LogP contribution < -0.4 is 5.32 Å². The molecule has 3 rings (SSSR count). The van der Waals surface area contributed by atoms with Crippen molar-refractivity contribution in [2.45, 2.75) is 13.0 Å². The maximum Gasteiger partial charge on any atom is 0.236 e.